The summed E-state index contributed by atoms with van der Waals surface area (Å²) in [6.45, 7) is 6.04. The van der Waals surface area contributed by atoms with Gasteiger partial charge in [0.1, 0.15) is 16.4 Å². The quantitative estimate of drug-likeness (QED) is 0.0921. The standard InChI is InChI=1S/C27H32FN7O2S/c1-3-25(36)31-20-5-4-6-22(15-20)37-27(29)26-24(11-14-38-26)33-34-32-21-8-7-18(23(28)16-21)17-30-19-9-12-35(2)13-10-19/h3-8,11,14-16,19,29-30,32-34H,1,9-10,12-13,17H2,2H3,(H,31,36). The van der Waals surface area contributed by atoms with Gasteiger partial charge in [-0.15, -0.1) is 11.3 Å². The van der Waals surface area contributed by atoms with E-state index in [1.54, 1.807) is 42.5 Å². The van der Waals surface area contributed by atoms with Crippen molar-refractivity contribution in [2.24, 2.45) is 0 Å². The third-order valence-corrected chi connectivity index (χ3v) is 7.05. The molecule has 0 saturated carbocycles. The number of thiophene rings is 1. The number of nitrogens with one attached hydrogen (secondary N) is 6. The highest BCUT2D eigenvalue weighted by molar-refractivity contribution is 7.12. The number of likely N-dealkylation sites (tertiary alicyclic amines) is 1. The fourth-order valence-electron chi connectivity index (χ4n) is 3.98. The number of halogens is 1. The minimum absolute atomic E-state index is 0.0657. The van der Waals surface area contributed by atoms with E-state index in [1.165, 1.54) is 23.5 Å². The van der Waals surface area contributed by atoms with Gasteiger partial charge in [0.25, 0.3) is 0 Å². The maximum absolute atomic E-state index is 14.7. The zero-order chi connectivity index (χ0) is 26.9. The fourth-order valence-corrected chi connectivity index (χ4v) is 4.72. The van der Waals surface area contributed by atoms with Crippen LogP contribution in [0.3, 0.4) is 0 Å². The number of hydrazine groups is 2. The molecule has 3 aromatic rings. The van der Waals surface area contributed by atoms with E-state index < -0.39 is 0 Å². The molecule has 0 radical (unpaired) electrons. The normalized spacial score (nSPS) is 14.1. The van der Waals surface area contributed by atoms with Gasteiger partial charge in [-0.1, -0.05) is 18.7 Å². The van der Waals surface area contributed by atoms with E-state index in [1.807, 2.05) is 5.38 Å². The van der Waals surface area contributed by atoms with E-state index in [0.717, 1.165) is 25.9 Å². The lowest BCUT2D eigenvalue weighted by Gasteiger charge is -2.29. The molecule has 0 aliphatic carbocycles. The Morgan fingerprint density at radius 3 is 2.76 bits per heavy atom. The SMILES string of the molecule is C=CC(=O)Nc1cccc(OC(=N)c2sccc2NNNc2ccc(CNC3CCN(C)CC3)c(F)c2)c1. The van der Waals surface area contributed by atoms with E-state index in [0.29, 0.717) is 45.8 Å². The number of carbonyl (C=O) groups excluding carboxylic acids is 1. The highest BCUT2D eigenvalue weighted by atomic mass is 32.1. The Morgan fingerprint density at radius 2 is 2.00 bits per heavy atom. The summed E-state index contributed by atoms with van der Waals surface area (Å²) in [6.07, 6.45) is 3.32. The first-order valence-electron chi connectivity index (χ1n) is 12.3. The summed E-state index contributed by atoms with van der Waals surface area (Å²) in [5.74, 6) is -0.276. The van der Waals surface area contributed by atoms with E-state index >= 15 is 0 Å². The Morgan fingerprint density at radius 1 is 1.18 bits per heavy atom. The Labute approximate surface area is 225 Å². The minimum atomic E-state index is -0.334. The van der Waals surface area contributed by atoms with Gasteiger partial charge < -0.3 is 31.1 Å². The zero-order valence-electron chi connectivity index (χ0n) is 21.1. The van der Waals surface area contributed by atoms with E-state index in [4.69, 9.17) is 10.1 Å². The van der Waals surface area contributed by atoms with Crippen molar-refractivity contribution in [1.29, 1.82) is 5.41 Å². The first kappa shape index (κ1) is 27.3. The summed E-state index contributed by atoms with van der Waals surface area (Å²) in [4.78, 5) is 14.4. The number of rotatable bonds is 11. The lowest BCUT2D eigenvalue weighted by Crippen LogP contribution is -2.40. The van der Waals surface area contributed by atoms with Crippen LogP contribution in [0, 0.1) is 11.2 Å². The molecule has 1 aromatic heterocycles. The Hall–Kier alpha value is -3.77. The van der Waals surface area contributed by atoms with E-state index in [-0.39, 0.29) is 17.6 Å². The number of amides is 1. The fraction of sp³-hybridized carbons (Fsp3) is 0.259. The van der Waals surface area contributed by atoms with Crippen molar-refractivity contribution in [1.82, 2.24) is 15.8 Å². The van der Waals surface area contributed by atoms with Gasteiger partial charge in [0.2, 0.25) is 11.8 Å². The average molecular weight is 538 g/mol. The molecule has 9 nitrogen and oxygen atoms in total. The summed E-state index contributed by atoms with van der Waals surface area (Å²) in [7, 11) is 2.12. The monoisotopic (exact) mass is 537 g/mol. The van der Waals surface area contributed by atoms with Crippen molar-refractivity contribution in [3.05, 3.63) is 82.8 Å². The third-order valence-electron chi connectivity index (χ3n) is 6.14. The number of nitrogens with zero attached hydrogens (tertiary/aromatic N) is 1. The van der Waals surface area contributed by atoms with Crippen LogP contribution in [0.2, 0.25) is 0 Å². The van der Waals surface area contributed by atoms with Crippen LogP contribution in [0.1, 0.15) is 23.3 Å². The molecule has 11 heteroatoms. The first-order chi connectivity index (χ1) is 18.4. The number of hydrogen-bond acceptors (Lipinski definition) is 9. The topological polar surface area (TPSA) is 114 Å². The molecule has 6 N–H and O–H groups in total. The highest BCUT2D eigenvalue weighted by Crippen LogP contribution is 2.25. The van der Waals surface area contributed by atoms with Crippen molar-refractivity contribution >= 4 is 40.2 Å². The summed E-state index contributed by atoms with van der Waals surface area (Å²) < 4.78 is 20.3. The maximum Gasteiger partial charge on any atom is 0.247 e. The number of piperidine rings is 1. The van der Waals surface area contributed by atoms with Crippen molar-refractivity contribution < 1.29 is 13.9 Å². The van der Waals surface area contributed by atoms with Gasteiger partial charge in [0, 0.05) is 29.9 Å². The molecule has 0 bridgehead atoms. The molecular weight excluding hydrogens is 505 g/mol. The van der Waals surface area contributed by atoms with Crippen LogP contribution in [0.25, 0.3) is 0 Å². The molecule has 2 aromatic carbocycles. The molecule has 1 aliphatic heterocycles. The van der Waals surface area contributed by atoms with Crippen LogP contribution in [-0.4, -0.2) is 42.9 Å². The average Bonchev–Trinajstić information content (AvgIpc) is 3.38. The second kappa shape index (κ2) is 13.2. The number of benzene rings is 2. The smallest absolute Gasteiger partial charge is 0.247 e. The van der Waals surface area contributed by atoms with Gasteiger partial charge in [0.05, 0.1) is 11.4 Å². The lowest BCUT2D eigenvalue weighted by molar-refractivity contribution is -0.111. The highest BCUT2D eigenvalue weighted by Gasteiger charge is 2.17. The van der Waals surface area contributed by atoms with Crippen LogP contribution in [0.5, 0.6) is 5.75 Å². The minimum Gasteiger partial charge on any atom is -0.438 e. The Bertz CT molecular complexity index is 1270. The Balaban J connectivity index is 1.27. The van der Waals surface area contributed by atoms with Crippen molar-refractivity contribution in [3.63, 3.8) is 0 Å². The van der Waals surface area contributed by atoms with Crippen LogP contribution in [-0.2, 0) is 11.3 Å². The zero-order valence-corrected chi connectivity index (χ0v) is 22.0. The van der Waals surface area contributed by atoms with Crippen LogP contribution < -0.4 is 31.8 Å². The predicted octanol–water partition coefficient (Wildman–Crippen LogP) is 4.54. The largest absolute Gasteiger partial charge is 0.438 e. The summed E-state index contributed by atoms with van der Waals surface area (Å²) in [5.41, 5.74) is 11.1. The molecule has 38 heavy (non-hydrogen) atoms. The molecule has 1 amide bonds. The molecule has 4 rings (SSSR count). The van der Waals surface area contributed by atoms with Crippen LogP contribution in [0.15, 0.2) is 66.6 Å². The van der Waals surface area contributed by atoms with Gasteiger partial charge in [-0.3, -0.25) is 10.2 Å². The van der Waals surface area contributed by atoms with Crippen molar-refractivity contribution in [2.75, 3.05) is 36.3 Å². The first-order valence-corrected chi connectivity index (χ1v) is 13.1. The molecule has 2 heterocycles. The van der Waals surface area contributed by atoms with Crippen LogP contribution in [0.4, 0.5) is 21.5 Å². The van der Waals surface area contributed by atoms with Crippen LogP contribution >= 0.6 is 11.3 Å². The third kappa shape index (κ3) is 7.62. The van der Waals surface area contributed by atoms with Gasteiger partial charge in [0.15, 0.2) is 0 Å². The Kier molecular flexibility index (Phi) is 9.44. The van der Waals surface area contributed by atoms with Gasteiger partial charge in [-0.2, -0.15) is 5.53 Å². The molecule has 0 atom stereocenters. The molecule has 1 saturated heterocycles. The molecule has 1 fully saturated rings. The van der Waals surface area contributed by atoms with E-state index in [2.05, 4.69) is 45.5 Å². The summed E-state index contributed by atoms with van der Waals surface area (Å²) >= 11 is 1.33. The van der Waals surface area contributed by atoms with Crippen molar-refractivity contribution in [3.8, 4) is 5.75 Å². The molecular formula is C27H32FN7O2S. The number of carbonyl (C=O) groups is 1. The lowest BCUT2D eigenvalue weighted by atomic mass is 10.0. The second-order valence-electron chi connectivity index (χ2n) is 8.96. The number of ether oxygens (including phenoxy) is 1. The number of hydrogen-bond donors (Lipinski definition) is 6. The maximum atomic E-state index is 14.7. The second-order valence-corrected chi connectivity index (χ2v) is 9.87. The predicted molar refractivity (Wildman–Crippen MR) is 151 cm³/mol. The molecule has 0 spiro atoms. The number of anilines is 3. The van der Waals surface area contributed by atoms with Gasteiger partial charge in [-0.05, 0) is 74.8 Å². The molecule has 0 unspecified atom stereocenters. The summed E-state index contributed by atoms with van der Waals surface area (Å²) in [6, 6.07) is 14.0. The van der Waals surface area contributed by atoms with Gasteiger partial charge >= 0.3 is 0 Å². The van der Waals surface area contributed by atoms with E-state index in [9.17, 15) is 9.18 Å². The summed E-state index contributed by atoms with van der Waals surface area (Å²) in [5, 5.41) is 16.3. The van der Waals surface area contributed by atoms with Crippen molar-refractivity contribution in [2.45, 2.75) is 25.4 Å². The van der Waals surface area contributed by atoms with Gasteiger partial charge in [-0.25, -0.2) is 4.39 Å². The molecule has 200 valence electrons. The molecule has 1 aliphatic rings.